The van der Waals surface area contributed by atoms with Crippen LogP contribution in [-0.4, -0.2) is 22.3 Å². The van der Waals surface area contributed by atoms with Crippen molar-refractivity contribution in [2.45, 2.75) is 44.1 Å². The van der Waals surface area contributed by atoms with Crippen molar-refractivity contribution in [2.75, 3.05) is 0 Å². The molecule has 0 spiro atoms. The molecule has 1 aromatic heterocycles. The number of ketones is 1. The van der Waals surface area contributed by atoms with Crippen LogP contribution in [0.2, 0.25) is 0 Å². The number of aromatic nitrogens is 1. The monoisotopic (exact) mass is 289 g/mol. The van der Waals surface area contributed by atoms with Gasteiger partial charge in [0.15, 0.2) is 10.6 Å². The van der Waals surface area contributed by atoms with E-state index in [0.29, 0.717) is 5.01 Å². The van der Waals surface area contributed by atoms with E-state index in [1.54, 1.807) is 6.20 Å². The number of rotatable bonds is 1. The van der Waals surface area contributed by atoms with E-state index in [1.165, 1.54) is 11.3 Å². The van der Waals surface area contributed by atoms with E-state index in [2.05, 4.69) is 16.8 Å². The molecule has 20 heavy (non-hydrogen) atoms. The third-order valence-corrected chi connectivity index (χ3v) is 4.61. The summed E-state index contributed by atoms with van der Waals surface area (Å²) in [6.07, 6.45) is 5.94. The lowest BCUT2D eigenvalue weighted by Gasteiger charge is -2.36. The molecule has 104 valence electrons. The van der Waals surface area contributed by atoms with Gasteiger partial charge in [-0.3, -0.25) is 9.59 Å². The second-order valence-corrected chi connectivity index (χ2v) is 6.22. The molecule has 0 bridgehead atoms. The molecule has 2 heterocycles. The fourth-order valence-electron chi connectivity index (χ4n) is 3.03. The molecule has 2 aliphatic rings. The summed E-state index contributed by atoms with van der Waals surface area (Å²) in [6.45, 7) is 0. The Labute approximate surface area is 121 Å². The first-order valence-electron chi connectivity index (χ1n) is 6.84. The van der Waals surface area contributed by atoms with Crippen LogP contribution in [0.5, 0.6) is 0 Å². The highest BCUT2D eigenvalue weighted by molar-refractivity contribution is 7.10. The number of ether oxygens (including phenoxy) is 1. The zero-order valence-electron chi connectivity index (χ0n) is 11.1. The Morgan fingerprint density at radius 3 is 2.80 bits per heavy atom. The second kappa shape index (κ2) is 5.37. The van der Waals surface area contributed by atoms with Crippen molar-refractivity contribution in [2.24, 2.45) is 5.92 Å². The van der Waals surface area contributed by atoms with Gasteiger partial charge in [0, 0.05) is 17.5 Å². The van der Waals surface area contributed by atoms with E-state index in [9.17, 15) is 9.59 Å². The largest absolute Gasteiger partial charge is 0.445 e. The van der Waals surface area contributed by atoms with E-state index in [4.69, 9.17) is 4.74 Å². The fraction of sp³-hybridized carbons (Fsp3) is 0.533. The molecule has 0 radical (unpaired) electrons. The number of carbonyl (C=O) groups excluding carboxylic acids is 2. The maximum atomic E-state index is 11.8. The molecule has 4 nitrogen and oxygen atoms in total. The molecule has 1 aliphatic carbocycles. The molecular formula is C15H15NO3S. The van der Waals surface area contributed by atoms with Gasteiger partial charge in [0.25, 0.3) is 0 Å². The number of Topliss-reactive ketones (excluding diaryl/α,β-unsaturated/α-hetero) is 1. The summed E-state index contributed by atoms with van der Waals surface area (Å²) in [5.74, 6) is 5.71. The first-order valence-corrected chi connectivity index (χ1v) is 7.72. The van der Waals surface area contributed by atoms with E-state index >= 15 is 0 Å². The normalized spacial score (nSPS) is 27.0. The molecule has 1 atom stereocenters. The molecule has 3 rings (SSSR count). The van der Waals surface area contributed by atoms with Crippen LogP contribution in [-0.2, 0) is 14.3 Å². The van der Waals surface area contributed by atoms with Crippen LogP contribution in [0.25, 0.3) is 0 Å². The standard InChI is InChI=1S/C15H15NO3S/c17-12-9-14(18)19-15(10-12,11-3-1-2-4-11)6-5-13-16-7-8-20-13/h7-8,11H,1-4,9-10H2. The van der Waals surface area contributed by atoms with Gasteiger partial charge in [-0.2, -0.15) is 0 Å². The van der Waals surface area contributed by atoms with Gasteiger partial charge in [-0.1, -0.05) is 12.8 Å². The smallest absolute Gasteiger partial charge is 0.314 e. The minimum absolute atomic E-state index is 0.0680. The molecule has 2 fully saturated rings. The molecule has 0 aromatic carbocycles. The van der Waals surface area contributed by atoms with Crippen molar-refractivity contribution in [3.8, 4) is 11.8 Å². The Bertz CT molecular complexity index is 560. The van der Waals surface area contributed by atoms with E-state index < -0.39 is 11.6 Å². The fourth-order valence-corrected chi connectivity index (χ4v) is 3.51. The van der Waals surface area contributed by atoms with Crippen LogP contribution in [0.15, 0.2) is 11.6 Å². The summed E-state index contributed by atoms with van der Waals surface area (Å²) in [5.41, 5.74) is -0.922. The number of thiazole rings is 1. The highest BCUT2D eigenvalue weighted by Gasteiger charge is 2.47. The van der Waals surface area contributed by atoms with Gasteiger partial charge < -0.3 is 4.74 Å². The van der Waals surface area contributed by atoms with Gasteiger partial charge in [-0.25, -0.2) is 4.98 Å². The first-order chi connectivity index (χ1) is 9.68. The number of nitrogens with zero attached hydrogens (tertiary/aromatic N) is 1. The number of cyclic esters (lactones) is 1. The number of hydrogen-bond donors (Lipinski definition) is 0. The van der Waals surface area contributed by atoms with Crippen LogP contribution in [0.3, 0.4) is 0 Å². The van der Waals surface area contributed by atoms with Gasteiger partial charge in [-0.05, 0) is 24.7 Å². The lowest BCUT2D eigenvalue weighted by Crippen LogP contribution is -2.46. The quantitative estimate of drug-likeness (QED) is 0.452. The highest BCUT2D eigenvalue weighted by atomic mass is 32.1. The van der Waals surface area contributed by atoms with Crippen molar-refractivity contribution in [1.29, 1.82) is 0 Å². The Morgan fingerprint density at radius 1 is 1.35 bits per heavy atom. The predicted molar refractivity (Wildman–Crippen MR) is 74.0 cm³/mol. The average Bonchev–Trinajstić information content (AvgIpc) is 3.09. The van der Waals surface area contributed by atoms with E-state index in [1.807, 2.05) is 5.38 Å². The second-order valence-electron chi connectivity index (χ2n) is 5.32. The molecule has 0 N–H and O–H groups in total. The van der Waals surface area contributed by atoms with Gasteiger partial charge in [0.05, 0.1) is 6.42 Å². The minimum atomic E-state index is -0.922. The lowest BCUT2D eigenvalue weighted by molar-refractivity contribution is -0.168. The number of esters is 1. The van der Waals surface area contributed by atoms with E-state index in [0.717, 1.165) is 25.7 Å². The zero-order chi connectivity index (χ0) is 14.0. The maximum Gasteiger partial charge on any atom is 0.314 e. The summed E-state index contributed by atoms with van der Waals surface area (Å²) in [6, 6.07) is 0. The zero-order valence-corrected chi connectivity index (χ0v) is 11.9. The van der Waals surface area contributed by atoms with E-state index in [-0.39, 0.29) is 24.5 Å². The van der Waals surface area contributed by atoms with Crippen LogP contribution in [0, 0.1) is 17.8 Å². The van der Waals surface area contributed by atoms with Crippen molar-refractivity contribution in [1.82, 2.24) is 4.98 Å². The molecule has 1 aromatic rings. The van der Waals surface area contributed by atoms with Crippen LogP contribution < -0.4 is 0 Å². The van der Waals surface area contributed by atoms with Crippen LogP contribution in [0.1, 0.15) is 43.5 Å². The summed E-state index contributed by atoms with van der Waals surface area (Å²) in [7, 11) is 0. The summed E-state index contributed by atoms with van der Waals surface area (Å²) >= 11 is 1.44. The Balaban J connectivity index is 1.94. The average molecular weight is 289 g/mol. The molecule has 1 unspecified atom stereocenters. The summed E-state index contributed by atoms with van der Waals surface area (Å²) in [5, 5.41) is 2.54. The topological polar surface area (TPSA) is 56.3 Å². The maximum absolute atomic E-state index is 11.8. The van der Waals surface area contributed by atoms with Crippen LogP contribution >= 0.6 is 11.3 Å². The lowest BCUT2D eigenvalue weighted by atomic mass is 9.80. The highest BCUT2D eigenvalue weighted by Crippen LogP contribution is 2.40. The van der Waals surface area contributed by atoms with Crippen molar-refractivity contribution in [3.05, 3.63) is 16.6 Å². The molecule has 1 aliphatic heterocycles. The van der Waals surface area contributed by atoms with Gasteiger partial charge in [-0.15, -0.1) is 11.3 Å². The molecule has 1 saturated heterocycles. The molecule has 5 heteroatoms. The number of carbonyl (C=O) groups is 2. The summed E-state index contributed by atoms with van der Waals surface area (Å²) in [4.78, 5) is 27.6. The van der Waals surface area contributed by atoms with Crippen LogP contribution in [0.4, 0.5) is 0 Å². The Hall–Kier alpha value is -1.67. The summed E-state index contributed by atoms with van der Waals surface area (Å²) < 4.78 is 5.57. The van der Waals surface area contributed by atoms with Gasteiger partial charge >= 0.3 is 5.97 Å². The number of hydrogen-bond acceptors (Lipinski definition) is 5. The van der Waals surface area contributed by atoms with Crippen molar-refractivity contribution < 1.29 is 14.3 Å². The van der Waals surface area contributed by atoms with Crippen molar-refractivity contribution in [3.63, 3.8) is 0 Å². The third kappa shape index (κ3) is 2.61. The first kappa shape index (κ1) is 13.3. The third-order valence-electron chi connectivity index (χ3n) is 3.93. The molecule has 0 amide bonds. The predicted octanol–water partition coefficient (Wildman–Crippen LogP) is 2.33. The SMILES string of the molecule is O=C1CC(=O)OC(C#Cc2nccs2)(C2CCCC2)C1. The molecular weight excluding hydrogens is 274 g/mol. The minimum Gasteiger partial charge on any atom is -0.445 e. The Morgan fingerprint density at radius 2 is 2.15 bits per heavy atom. The Kier molecular flexibility index (Phi) is 3.58. The van der Waals surface area contributed by atoms with Gasteiger partial charge in [0.1, 0.15) is 12.2 Å². The van der Waals surface area contributed by atoms with Gasteiger partial charge in [0.2, 0.25) is 0 Å². The molecule has 1 saturated carbocycles. The van der Waals surface area contributed by atoms with Crippen molar-refractivity contribution >= 4 is 23.1 Å².